The number of ether oxygens (including phenoxy) is 1. The number of carbonyl (C=O) groups is 2. The number of carbonyl (C=O) groups excluding carboxylic acids is 2. The molecule has 0 aliphatic heterocycles. The van der Waals surface area contributed by atoms with E-state index in [1.54, 1.807) is 5.38 Å². The van der Waals surface area contributed by atoms with Gasteiger partial charge in [0.1, 0.15) is 13.2 Å². The van der Waals surface area contributed by atoms with Crippen LogP contribution in [0.2, 0.25) is 0 Å². The van der Waals surface area contributed by atoms with Crippen LogP contribution in [0.25, 0.3) is 10.6 Å². The molecule has 0 aromatic carbocycles. The second-order valence-electron chi connectivity index (χ2n) is 4.87. The van der Waals surface area contributed by atoms with Crippen LogP contribution < -0.4 is 10.6 Å². The molecule has 0 atom stereocenters. The topological polar surface area (TPSA) is 80.3 Å². The molecule has 0 spiro atoms. The summed E-state index contributed by atoms with van der Waals surface area (Å²) in [6.45, 7) is -0.323. The second kappa shape index (κ2) is 8.41. The summed E-state index contributed by atoms with van der Waals surface area (Å²) in [5, 5.41) is 7.07. The number of aromatic nitrogens is 1. The van der Waals surface area contributed by atoms with Crippen molar-refractivity contribution >= 4 is 39.6 Å². The minimum absolute atomic E-state index is 0.124. The van der Waals surface area contributed by atoms with E-state index in [0.29, 0.717) is 12.2 Å². The molecule has 136 valence electrons. The SMILES string of the molecule is CC(=O)NCc1ccc(-c2csc(NC(=O)COCC(F)(F)F)n2)s1. The number of thiazole rings is 1. The van der Waals surface area contributed by atoms with Gasteiger partial charge < -0.3 is 10.1 Å². The van der Waals surface area contributed by atoms with Crippen molar-refractivity contribution in [3.05, 3.63) is 22.4 Å². The van der Waals surface area contributed by atoms with Crippen molar-refractivity contribution in [1.29, 1.82) is 0 Å². The van der Waals surface area contributed by atoms with Gasteiger partial charge in [-0.05, 0) is 12.1 Å². The van der Waals surface area contributed by atoms with E-state index in [1.807, 2.05) is 12.1 Å². The molecule has 2 aromatic heterocycles. The second-order valence-corrected chi connectivity index (χ2v) is 6.90. The van der Waals surface area contributed by atoms with Gasteiger partial charge in [-0.1, -0.05) is 0 Å². The first-order valence-electron chi connectivity index (χ1n) is 6.96. The van der Waals surface area contributed by atoms with E-state index in [4.69, 9.17) is 0 Å². The van der Waals surface area contributed by atoms with Crippen molar-refractivity contribution in [2.75, 3.05) is 18.5 Å². The maximum atomic E-state index is 11.9. The lowest BCUT2D eigenvalue weighted by molar-refractivity contribution is -0.174. The predicted octanol–water partition coefficient (Wildman–Crippen LogP) is 3.03. The van der Waals surface area contributed by atoms with Crippen LogP contribution in [0.1, 0.15) is 11.8 Å². The monoisotopic (exact) mass is 393 g/mol. The summed E-state index contributed by atoms with van der Waals surface area (Å²) in [7, 11) is 0. The van der Waals surface area contributed by atoms with Crippen LogP contribution in [0.4, 0.5) is 18.3 Å². The van der Waals surface area contributed by atoms with Crippen molar-refractivity contribution in [3.8, 4) is 10.6 Å². The Morgan fingerprint density at radius 3 is 2.76 bits per heavy atom. The molecule has 2 heterocycles. The zero-order valence-electron chi connectivity index (χ0n) is 13.0. The van der Waals surface area contributed by atoms with E-state index < -0.39 is 25.3 Å². The Kier molecular flexibility index (Phi) is 6.51. The van der Waals surface area contributed by atoms with Crippen LogP contribution in [0.3, 0.4) is 0 Å². The molecule has 25 heavy (non-hydrogen) atoms. The Hall–Kier alpha value is -1.98. The summed E-state index contributed by atoms with van der Waals surface area (Å²) >= 11 is 2.60. The molecule has 0 unspecified atom stereocenters. The average Bonchev–Trinajstić information content (AvgIpc) is 3.12. The number of thiophene rings is 1. The Balaban J connectivity index is 1.87. The van der Waals surface area contributed by atoms with Gasteiger partial charge in [-0.2, -0.15) is 13.2 Å². The minimum atomic E-state index is -4.47. The number of anilines is 1. The van der Waals surface area contributed by atoms with Crippen molar-refractivity contribution in [2.45, 2.75) is 19.6 Å². The lowest BCUT2D eigenvalue weighted by atomic mass is 10.3. The molecule has 2 aromatic rings. The van der Waals surface area contributed by atoms with Gasteiger partial charge in [-0.3, -0.25) is 14.9 Å². The van der Waals surface area contributed by atoms with E-state index in [9.17, 15) is 22.8 Å². The molecule has 0 fully saturated rings. The molecule has 0 saturated heterocycles. The third-order valence-electron chi connectivity index (χ3n) is 2.68. The van der Waals surface area contributed by atoms with Crippen LogP contribution in [0.5, 0.6) is 0 Å². The lowest BCUT2D eigenvalue weighted by Crippen LogP contribution is -2.23. The van der Waals surface area contributed by atoms with Crippen LogP contribution in [-0.2, 0) is 20.9 Å². The number of hydrogen-bond donors (Lipinski definition) is 2. The molecular weight excluding hydrogens is 379 g/mol. The van der Waals surface area contributed by atoms with Gasteiger partial charge in [0.15, 0.2) is 5.13 Å². The zero-order chi connectivity index (χ0) is 18.4. The quantitative estimate of drug-likeness (QED) is 0.758. The number of alkyl halides is 3. The van der Waals surface area contributed by atoms with Gasteiger partial charge in [0, 0.05) is 17.2 Å². The molecule has 0 bridgehead atoms. The first-order valence-corrected chi connectivity index (χ1v) is 8.66. The van der Waals surface area contributed by atoms with E-state index in [1.165, 1.54) is 18.3 Å². The van der Waals surface area contributed by atoms with Gasteiger partial charge in [0.25, 0.3) is 5.91 Å². The van der Waals surface area contributed by atoms with E-state index in [2.05, 4.69) is 20.4 Å². The fraction of sp³-hybridized carbons (Fsp3) is 0.357. The third kappa shape index (κ3) is 6.80. The van der Waals surface area contributed by atoms with Gasteiger partial charge in [0.2, 0.25) is 5.91 Å². The Bertz CT molecular complexity index is 743. The molecule has 0 radical (unpaired) electrons. The molecule has 6 nitrogen and oxygen atoms in total. The highest BCUT2D eigenvalue weighted by Crippen LogP contribution is 2.30. The number of nitrogens with zero attached hydrogens (tertiary/aromatic N) is 1. The van der Waals surface area contributed by atoms with Crippen molar-refractivity contribution in [2.24, 2.45) is 0 Å². The van der Waals surface area contributed by atoms with Gasteiger partial charge in [-0.15, -0.1) is 22.7 Å². The molecule has 11 heteroatoms. The van der Waals surface area contributed by atoms with E-state index in [0.717, 1.165) is 21.1 Å². The van der Waals surface area contributed by atoms with Crippen LogP contribution in [0.15, 0.2) is 17.5 Å². The van der Waals surface area contributed by atoms with Crippen LogP contribution in [-0.4, -0.2) is 36.2 Å². The van der Waals surface area contributed by atoms with Crippen molar-refractivity contribution < 1.29 is 27.5 Å². The number of rotatable bonds is 7. The fourth-order valence-electron chi connectivity index (χ4n) is 1.68. The Morgan fingerprint density at radius 1 is 1.32 bits per heavy atom. The van der Waals surface area contributed by atoms with Gasteiger partial charge in [-0.25, -0.2) is 4.98 Å². The standard InChI is InChI=1S/C14H14F3N3O3S2/c1-8(21)18-4-9-2-3-11(25-9)10-6-24-13(19-10)20-12(22)5-23-7-14(15,16)17/h2-3,6H,4-5,7H2,1H3,(H,18,21)(H,19,20,22). The first kappa shape index (κ1) is 19.3. The van der Waals surface area contributed by atoms with E-state index in [-0.39, 0.29) is 11.0 Å². The summed E-state index contributed by atoms with van der Waals surface area (Å²) in [5.74, 6) is -0.830. The van der Waals surface area contributed by atoms with Crippen LogP contribution in [0, 0.1) is 0 Å². The molecule has 0 aliphatic rings. The fourth-order valence-corrected chi connectivity index (χ4v) is 3.39. The van der Waals surface area contributed by atoms with Gasteiger partial charge >= 0.3 is 6.18 Å². The number of hydrogen-bond acceptors (Lipinski definition) is 6. The maximum absolute atomic E-state index is 11.9. The highest BCUT2D eigenvalue weighted by molar-refractivity contribution is 7.17. The third-order valence-corrected chi connectivity index (χ3v) is 4.54. The van der Waals surface area contributed by atoms with Crippen molar-refractivity contribution in [3.63, 3.8) is 0 Å². The molecular formula is C14H14F3N3O3S2. The number of amides is 2. The Morgan fingerprint density at radius 2 is 2.08 bits per heavy atom. The average molecular weight is 393 g/mol. The highest BCUT2D eigenvalue weighted by Gasteiger charge is 2.27. The molecule has 2 N–H and O–H groups in total. The predicted molar refractivity (Wildman–Crippen MR) is 88.5 cm³/mol. The summed E-state index contributed by atoms with van der Waals surface area (Å²) in [4.78, 5) is 28.4. The summed E-state index contributed by atoms with van der Waals surface area (Å²) < 4.78 is 40.1. The zero-order valence-corrected chi connectivity index (χ0v) is 14.6. The summed E-state index contributed by atoms with van der Waals surface area (Å²) in [5.41, 5.74) is 0.635. The molecule has 2 rings (SSSR count). The first-order chi connectivity index (χ1) is 11.7. The van der Waals surface area contributed by atoms with Crippen molar-refractivity contribution in [1.82, 2.24) is 10.3 Å². The summed E-state index contributed by atoms with van der Waals surface area (Å²) in [6, 6.07) is 3.70. The lowest BCUT2D eigenvalue weighted by Gasteiger charge is -2.06. The maximum Gasteiger partial charge on any atom is 0.411 e. The number of halogens is 3. The normalized spacial score (nSPS) is 11.4. The highest BCUT2D eigenvalue weighted by atomic mass is 32.1. The smallest absolute Gasteiger partial charge is 0.362 e. The molecule has 0 aliphatic carbocycles. The van der Waals surface area contributed by atoms with Crippen LogP contribution >= 0.6 is 22.7 Å². The minimum Gasteiger partial charge on any atom is -0.362 e. The van der Waals surface area contributed by atoms with Gasteiger partial charge in [0.05, 0.1) is 17.1 Å². The number of nitrogens with one attached hydrogen (secondary N) is 2. The summed E-state index contributed by atoms with van der Waals surface area (Å²) in [6.07, 6.45) is -4.47. The largest absolute Gasteiger partial charge is 0.411 e. The van der Waals surface area contributed by atoms with E-state index >= 15 is 0 Å². The Labute approximate surface area is 149 Å². The molecule has 0 saturated carbocycles. The molecule has 2 amide bonds.